The highest BCUT2D eigenvalue weighted by Crippen LogP contribution is 2.32. The van der Waals surface area contributed by atoms with E-state index in [9.17, 15) is 13.2 Å². The van der Waals surface area contributed by atoms with Crippen LogP contribution in [0.4, 0.5) is 5.69 Å². The molecular formula is C23H31N3O4S2. The molecule has 2 fully saturated rings. The number of likely N-dealkylation sites (tertiary alicyclic amines) is 1. The minimum atomic E-state index is -3.57. The van der Waals surface area contributed by atoms with Crippen molar-refractivity contribution in [3.8, 4) is 5.75 Å². The molecule has 4 rings (SSSR count). The van der Waals surface area contributed by atoms with Crippen LogP contribution in [-0.4, -0.2) is 69.5 Å². The fraction of sp³-hybridized carbons (Fsp3) is 0.522. The number of hydrogen-bond donors (Lipinski definition) is 0. The third-order valence-corrected chi connectivity index (χ3v) is 9.46. The lowest BCUT2D eigenvalue weighted by Gasteiger charge is -2.38. The van der Waals surface area contributed by atoms with E-state index < -0.39 is 10.0 Å². The van der Waals surface area contributed by atoms with Gasteiger partial charge in [-0.15, -0.1) is 11.3 Å². The summed E-state index contributed by atoms with van der Waals surface area (Å²) in [6.45, 7) is 5.34. The SMILES string of the molecule is CCN1CCC(N(C(=O)COc2ccc(N(C)S(=O)(=O)c3cccs3)cc2)C2CC2)CC1. The maximum atomic E-state index is 13.0. The molecule has 1 aliphatic carbocycles. The second kappa shape index (κ2) is 9.80. The number of carbonyl (C=O) groups excluding carboxylic acids is 1. The van der Waals surface area contributed by atoms with Crippen molar-refractivity contribution in [2.24, 2.45) is 0 Å². The molecule has 0 spiro atoms. The molecule has 0 unspecified atom stereocenters. The minimum absolute atomic E-state index is 0.00712. The first-order valence-electron chi connectivity index (χ1n) is 11.2. The smallest absolute Gasteiger partial charge is 0.273 e. The molecule has 0 atom stereocenters. The summed E-state index contributed by atoms with van der Waals surface area (Å²) in [4.78, 5) is 17.5. The second-order valence-corrected chi connectivity index (χ2v) is 11.5. The summed E-state index contributed by atoms with van der Waals surface area (Å²) in [6.07, 6.45) is 4.21. The van der Waals surface area contributed by atoms with Gasteiger partial charge in [0.1, 0.15) is 9.96 Å². The van der Waals surface area contributed by atoms with Gasteiger partial charge in [-0.3, -0.25) is 9.10 Å². The highest BCUT2D eigenvalue weighted by molar-refractivity contribution is 7.94. The topological polar surface area (TPSA) is 70.2 Å². The quantitative estimate of drug-likeness (QED) is 0.553. The number of hydrogen-bond acceptors (Lipinski definition) is 6. The van der Waals surface area contributed by atoms with E-state index in [0.29, 0.717) is 27.7 Å². The predicted molar refractivity (Wildman–Crippen MR) is 127 cm³/mol. The Balaban J connectivity index is 1.35. The number of thiophene rings is 1. The van der Waals surface area contributed by atoms with Crippen LogP contribution in [0.3, 0.4) is 0 Å². The number of amides is 1. The number of anilines is 1. The Morgan fingerprint density at radius 3 is 2.31 bits per heavy atom. The summed E-state index contributed by atoms with van der Waals surface area (Å²) in [5, 5.41) is 1.74. The normalized spacial score (nSPS) is 17.8. The van der Waals surface area contributed by atoms with E-state index in [1.807, 2.05) is 0 Å². The van der Waals surface area contributed by atoms with Gasteiger partial charge in [0.2, 0.25) is 0 Å². The minimum Gasteiger partial charge on any atom is -0.484 e. The van der Waals surface area contributed by atoms with E-state index >= 15 is 0 Å². The molecule has 1 aromatic carbocycles. The van der Waals surface area contributed by atoms with E-state index in [2.05, 4.69) is 16.7 Å². The molecule has 32 heavy (non-hydrogen) atoms. The molecule has 1 amide bonds. The van der Waals surface area contributed by atoms with Gasteiger partial charge < -0.3 is 14.5 Å². The number of nitrogens with zero attached hydrogens (tertiary/aromatic N) is 3. The van der Waals surface area contributed by atoms with E-state index in [4.69, 9.17) is 4.74 Å². The molecular weight excluding hydrogens is 446 g/mol. The first kappa shape index (κ1) is 23.1. The molecule has 174 valence electrons. The largest absolute Gasteiger partial charge is 0.484 e. The summed E-state index contributed by atoms with van der Waals surface area (Å²) in [5.41, 5.74) is 0.541. The maximum absolute atomic E-state index is 13.0. The van der Waals surface area contributed by atoms with Crippen LogP contribution in [0.1, 0.15) is 32.6 Å². The third-order valence-electron chi connectivity index (χ3n) is 6.30. The Morgan fingerprint density at radius 2 is 1.75 bits per heavy atom. The van der Waals surface area contributed by atoms with Crippen LogP contribution in [0, 0.1) is 0 Å². The molecule has 1 saturated heterocycles. The zero-order valence-electron chi connectivity index (χ0n) is 18.6. The Kier molecular flexibility index (Phi) is 7.07. The Morgan fingerprint density at radius 1 is 1.09 bits per heavy atom. The summed E-state index contributed by atoms with van der Waals surface area (Å²) >= 11 is 1.19. The van der Waals surface area contributed by atoms with Crippen molar-refractivity contribution in [1.82, 2.24) is 9.80 Å². The van der Waals surface area contributed by atoms with Crippen molar-refractivity contribution < 1.29 is 17.9 Å². The first-order valence-corrected chi connectivity index (χ1v) is 13.5. The second-order valence-electron chi connectivity index (χ2n) is 8.38. The van der Waals surface area contributed by atoms with Gasteiger partial charge in [-0.25, -0.2) is 8.42 Å². The Labute approximate surface area is 194 Å². The average molecular weight is 478 g/mol. The van der Waals surface area contributed by atoms with Gasteiger partial charge in [-0.05, 0) is 67.9 Å². The van der Waals surface area contributed by atoms with Gasteiger partial charge in [-0.2, -0.15) is 0 Å². The maximum Gasteiger partial charge on any atom is 0.273 e. The molecule has 2 heterocycles. The standard InChI is InChI=1S/C23H31N3O4S2/c1-3-25-14-12-20(13-15-25)26(19-6-7-19)22(27)17-30-21-10-8-18(9-11-21)24(2)32(28,29)23-5-4-16-31-23/h4-5,8-11,16,19-20H,3,6-7,12-15,17H2,1-2H3. The molecule has 2 aliphatic rings. The lowest BCUT2D eigenvalue weighted by Crippen LogP contribution is -2.49. The van der Waals surface area contributed by atoms with Gasteiger partial charge in [0.15, 0.2) is 6.61 Å². The van der Waals surface area contributed by atoms with Gasteiger partial charge >= 0.3 is 0 Å². The van der Waals surface area contributed by atoms with Crippen molar-refractivity contribution in [2.75, 3.05) is 37.6 Å². The third kappa shape index (κ3) is 5.10. The van der Waals surface area contributed by atoms with Crippen molar-refractivity contribution in [3.63, 3.8) is 0 Å². The molecule has 9 heteroatoms. The number of rotatable bonds is 9. The van der Waals surface area contributed by atoms with Crippen LogP contribution in [-0.2, 0) is 14.8 Å². The van der Waals surface area contributed by atoms with Gasteiger partial charge in [0.05, 0.1) is 5.69 Å². The van der Waals surface area contributed by atoms with E-state index in [0.717, 1.165) is 45.3 Å². The molecule has 2 aromatic rings. The van der Waals surface area contributed by atoms with Crippen molar-refractivity contribution >= 4 is 33.0 Å². The average Bonchev–Trinajstić information content (AvgIpc) is 3.47. The summed E-state index contributed by atoms with van der Waals surface area (Å²) in [5.74, 6) is 0.601. The number of carbonyl (C=O) groups is 1. The number of benzene rings is 1. The monoisotopic (exact) mass is 477 g/mol. The van der Waals surface area contributed by atoms with Gasteiger partial charge in [-0.1, -0.05) is 13.0 Å². The zero-order chi connectivity index (χ0) is 22.7. The van der Waals surface area contributed by atoms with Crippen LogP contribution in [0.15, 0.2) is 46.0 Å². The molecule has 1 aromatic heterocycles. The van der Waals surface area contributed by atoms with Crippen LogP contribution < -0.4 is 9.04 Å². The Hall–Kier alpha value is -2.10. The number of piperidine rings is 1. The lowest BCUT2D eigenvalue weighted by molar-refractivity contribution is -0.137. The number of ether oxygens (including phenoxy) is 1. The summed E-state index contributed by atoms with van der Waals surface area (Å²) in [7, 11) is -2.04. The Bertz CT molecular complexity index is 996. The van der Waals surface area contributed by atoms with Crippen molar-refractivity contribution in [2.45, 2.75) is 48.9 Å². The fourth-order valence-electron chi connectivity index (χ4n) is 4.23. The highest BCUT2D eigenvalue weighted by Gasteiger charge is 2.38. The van der Waals surface area contributed by atoms with Crippen LogP contribution >= 0.6 is 11.3 Å². The van der Waals surface area contributed by atoms with E-state index in [1.54, 1.807) is 41.8 Å². The van der Waals surface area contributed by atoms with Crippen LogP contribution in [0.5, 0.6) is 5.75 Å². The lowest BCUT2D eigenvalue weighted by atomic mass is 10.0. The molecule has 0 bridgehead atoms. The van der Waals surface area contributed by atoms with Crippen LogP contribution in [0.25, 0.3) is 0 Å². The van der Waals surface area contributed by atoms with Crippen molar-refractivity contribution in [1.29, 1.82) is 0 Å². The molecule has 1 aliphatic heterocycles. The van der Waals surface area contributed by atoms with Crippen LogP contribution in [0.2, 0.25) is 0 Å². The summed E-state index contributed by atoms with van der Waals surface area (Å²) < 4.78 is 32.7. The molecule has 1 saturated carbocycles. The van der Waals surface area contributed by atoms with E-state index in [1.165, 1.54) is 22.7 Å². The number of sulfonamides is 1. The molecule has 0 radical (unpaired) electrons. The predicted octanol–water partition coefficient (Wildman–Crippen LogP) is 3.43. The molecule has 7 nitrogen and oxygen atoms in total. The van der Waals surface area contributed by atoms with Crippen molar-refractivity contribution in [3.05, 3.63) is 41.8 Å². The summed E-state index contributed by atoms with van der Waals surface area (Å²) in [6, 6.07) is 10.8. The first-order chi connectivity index (χ1) is 15.4. The van der Waals surface area contributed by atoms with Gasteiger partial charge in [0, 0.05) is 32.2 Å². The van der Waals surface area contributed by atoms with E-state index in [-0.39, 0.29) is 12.5 Å². The zero-order valence-corrected chi connectivity index (χ0v) is 20.3. The highest BCUT2D eigenvalue weighted by atomic mass is 32.2. The van der Waals surface area contributed by atoms with Gasteiger partial charge in [0.25, 0.3) is 15.9 Å². The molecule has 0 N–H and O–H groups in total. The fourth-order valence-corrected chi connectivity index (χ4v) is 6.58.